The third-order valence-electron chi connectivity index (χ3n) is 3.27. The molecule has 2 aromatic rings. The molecule has 0 amide bonds. The van der Waals surface area contributed by atoms with Crippen LogP contribution < -0.4 is 0 Å². The smallest absolute Gasteiger partial charge is 0.207 e. The van der Waals surface area contributed by atoms with E-state index in [0.717, 1.165) is 0 Å². The van der Waals surface area contributed by atoms with Crippen LogP contribution in [0.1, 0.15) is 22.7 Å². The van der Waals surface area contributed by atoms with E-state index in [-0.39, 0.29) is 0 Å². The van der Waals surface area contributed by atoms with Crippen LogP contribution in [0.15, 0.2) is 42.6 Å². The van der Waals surface area contributed by atoms with E-state index < -0.39 is 11.3 Å². The van der Waals surface area contributed by atoms with Crippen LogP contribution in [0.4, 0.5) is 0 Å². The molecule has 98 valence electrons. The van der Waals surface area contributed by atoms with Gasteiger partial charge >= 0.3 is 0 Å². The minimum absolute atomic E-state index is 0.484. The molecule has 0 aliphatic rings. The Morgan fingerprint density at radius 2 is 1.52 bits per heavy atom. The van der Waals surface area contributed by atoms with Gasteiger partial charge in [-0.15, -0.1) is 0 Å². The fourth-order valence-electron chi connectivity index (χ4n) is 2.10. The van der Waals surface area contributed by atoms with Gasteiger partial charge in [-0.25, -0.2) is 0 Å². The van der Waals surface area contributed by atoms with Crippen molar-refractivity contribution in [2.24, 2.45) is 0 Å². The summed E-state index contributed by atoms with van der Waals surface area (Å²) in [5, 5.41) is 36.7. The highest BCUT2D eigenvalue weighted by atomic mass is 14.7. The fraction of sp³-hybridized carbons (Fsp3) is 0.125. The van der Waals surface area contributed by atoms with E-state index >= 15 is 0 Å². The average molecular weight is 271 g/mol. The molecule has 0 bridgehead atoms. The molecule has 5 heteroatoms. The maximum absolute atomic E-state index is 9.48. The van der Waals surface area contributed by atoms with Gasteiger partial charge in [-0.3, -0.25) is 0 Å². The topological polar surface area (TPSA) is 111 Å². The van der Waals surface area contributed by atoms with Gasteiger partial charge in [-0.1, -0.05) is 24.3 Å². The quantitative estimate of drug-likeness (QED) is 0.924. The maximum Gasteiger partial charge on any atom is 0.207 e. The molecule has 21 heavy (non-hydrogen) atoms. The van der Waals surface area contributed by atoms with Gasteiger partial charge in [0.25, 0.3) is 0 Å². The van der Waals surface area contributed by atoms with Crippen LogP contribution in [0.5, 0.6) is 0 Å². The first-order chi connectivity index (χ1) is 10.2. The summed E-state index contributed by atoms with van der Waals surface area (Å²) in [4.78, 5) is 2.89. The molecule has 2 rings (SSSR count). The molecule has 0 aliphatic heterocycles. The van der Waals surface area contributed by atoms with Crippen molar-refractivity contribution in [1.82, 2.24) is 4.98 Å². The van der Waals surface area contributed by atoms with Crippen LogP contribution >= 0.6 is 0 Å². The van der Waals surface area contributed by atoms with Crippen LogP contribution in [0.2, 0.25) is 0 Å². The number of hydrogen-bond acceptors (Lipinski definition) is 4. The second-order valence-electron chi connectivity index (χ2n) is 4.37. The largest absolute Gasteiger partial charge is 0.363 e. The molecular weight excluding hydrogens is 262 g/mol. The first kappa shape index (κ1) is 13.9. The summed E-state index contributed by atoms with van der Waals surface area (Å²) in [5.41, 5.74) is 0.0855. The Labute approximate surface area is 121 Å². The van der Waals surface area contributed by atoms with Gasteiger partial charge in [0.1, 0.15) is 0 Å². The molecule has 0 fully saturated rings. The van der Waals surface area contributed by atoms with Gasteiger partial charge in [0.05, 0.1) is 30.0 Å². The number of nitrogens with zero attached hydrogens (tertiary/aromatic N) is 4. The summed E-state index contributed by atoms with van der Waals surface area (Å²) in [6.07, 6.45) is 1.65. The van der Waals surface area contributed by atoms with Crippen molar-refractivity contribution in [2.45, 2.75) is 11.3 Å². The van der Waals surface area contributed by atoms with Crippen LogP contribution in [-0.4, -0.2) is 4.98 Å². The maximum atomic E-state index is 9.48. The number of hydrogen-bond donors (Lipinski definition) is 1. The number of aromatic amines is 1. The van der Waals surface area contributed by atoms with Gasteiger partial charge in [0.15, 0.2) is 5.92 Å². The monoisotopic (exact) mass is 271 g/mol. The van der Waals surface area contributed by atoms with E-state index in [4.69, 9.17) is 10.5 Å². The Bertz CT molecular complexity index is 761. The zero-order chi connectivity index (χ0) is 15.3. The van der Waals surface area contributed by atoms with Crippen LogP contribution in [0, 0.1) is 45.3 Å². The fourth-order valence-corrected chi connectivity index (χ4v) is 2.10. The second-order valence-corrected chi connectivity index (χ2v) is 4.37. The summed E-state index contributed by atoms with van der Waals surface area (Å²) >= 11 is 0. The number of benzene rings is 1. The molecule has 0 unspecified atom stereocenters. The highest BCUT2D eigenvalue weighted by Crippen LogP contribution is 2.31. The van der Waals surface area contributed by atoms with Crippen LogP contribution in [-0.2, 0) is 5.41 Å². The molecule has 0 aliphatic carbocycles. The number of rotatable bonds is 3. The van der Waals surface area contributed by atoms with Crippen LogP contribution in [0.25, 0.3) is 0 Å². The van der Waals surface area contributed by atoms with Crippen molar-refractivity contribution < 1.29 is 0 Å². The third kappa shape index (κ3) is 2.21. The highest BCUT2D eigenvalue weighted by molar-refractivity contribution is 5.51. The average Bonchev–Trinajstić information content (AvgIpc) is 3.06. The molecule has 0 radical (unpaired) electrons. The zero-order valence-electron chi connectivity index (χ0n) is 10.9. The standard InChI is InChI=1S/C16H9N5/c17-8-13(9-18)12-3-5-14(6-4-12)16(10-19,11-20)15-2-1-7-21-15/h1-7,13,21H. The van der Waals surface area contributed by atoms with E-state index in [9.17, 15) is 10.5 Å². The van der Waals surface area contributed by atoms with Crippen molar-refractivity contribution in [1.29, 1.82) is 21.0 Å². The summed E-state index contributed by atoms with van der Waals surface area (Å²) in [6.45, 7) is 0. The molecule has 0 spiro atoms. The molecule has 1 heterocycles. The zero-order valence-corrected chi connectivity index (χ0v) is 10.9. The van der Waals surface area contributed by atoms with Crippen molar-refractivity contribution in [3.8, 4) is 24.3 Å². The molecule has 0 atom stereocenters. The van der Waals surface area contributed by atoms with Gasteiger partial charge < -0.3 is 4.98 Å². The van der Waals surface area contributed by atoms with E-state index in [1.807, 2.05) is 24.3 Å². The number of aromatic nitrogens is 1. The van der Waals surface area contributed by atoms with Crippen molar-refractivity contribution in [3.05, 3.63) is 59.4 Å². The summed E-state index contributed by atoms with van der Waals surface area (Å²) in [7, 11) is 0. The summed E-state index contributed by atoms with van der Waals surface area (Å²) in [5.74, 6) is -0.858. The predicted molar refractivity (Wildman–Crippen MR) is 73.2 cm³/mol. The molecule has 0 saturated heterocycles. The van der Waals surface area contributed by atoms with Crippen molar-refractivity contribution >= 4 is 0 Å². The minimum atomic E-state index is -1.43. The lowest BCUT2D eigenvalue weighted by Crippen LogP contribution is -2.24. The summed E-state index contributed by atoms with van der Waals surface area (Å²) < 4.78 is 0. The van der Waals surface area contributed by atoms with E-state index in [2.05, 4.69) is 4.98 Å². The van der Waals surface area contributed by atoms with Crippen molar-refractivity contribution in [3.63, 3.8) is 0 Å². The number of nitriles is 4. The third-order valence-corrected chi connectivity index (χ3v) is 3.27. The van der Waals surface area contributed by atoms with E-state index in [0.29, 0.717) is 16.8 Å². The van der Waals surface area contributed by atoms with E-state index in [1.165, 1.54) is 0 Å². The lowest BCUT2D eigenvalue weighted by Gasteiger charge is -2.18. The second kappa shape index (κ2) is 5.62. The molecule has 1 aromatic heterocycles. The number of H-pyrrole nitrogens is 1. The highest BCUT2D eigenvalue weighted by Gasteiger charge is 2.36. The Morgan fingerprint density at radius 3 is 1.95 bits per heavy atom. The SMILES string of the molecule is N#CC(C#N)c1ccc(C(C#N)(C#N)c2ccc[nH]2)cc1. The lowest BCUT2D eigenvalue weighted by molar-refractivity contribution is 0.814. The van der Waals surface area contributed by atoms with E-state index in [1.54, 1.807) is 42.6 Å². The Morgan fingerprint density at radius 1 is 0.905 bits per heavy atom. The Balaban J connectivity index is 2.51. The van der Waals surface area contributed by atoms with Gasteiger partial charge in [-0.05, 0) is 23.3 Å². The lowest BCUT2D eigenvalue weighted by atomic mass is 9.79. The molecule has 5 nitrogen and oxygen atoms in total. The molecule has 1 N–H and O–H groups in total. The van der Waals surface area contributed by atoms with Crippen LogP contribution in [0.3, 0.4) is 0 Å². The molecule has 1 aromatic carbocycles. The van der Waals surface area contributed by atoms with Crippen molar-refractivity contribution in [2.75, 3.05) is 0 Å². The first-order valence-corrected chi connectivity index (χ1v) is 6.08. The summed E-state index contributed by atoms with van der Waals surface area (Å²) in [6, 6.07) is 17.6. The predicted octanol–water partition coefficient (Wildman–Crippen LogP) is 2.48. The Kier molecular flexibility index (Phi) is 3.71. The molecule has 0 saturated carbocycles. The first-order valence-electron chi connectivity index (χ1n) is 6.08. The number of nitrogens with one attached hydrogen (secondary N) is 1. The molecular formula is C16H9N5. The normalized spacial score (nSPS) is 10.1. The van der Waals surface area contributed by atoms with Gasteiger partial charge in [-0.2, -0.15) is 21.0 Å². The minimum Gasteiger partial charge on any atom is -0.363 e. The van der Waals surface area contributed by atoms with Gasteiger partial charge in [0, 0.05) is 6.20 Å². The van der Waals surface area contributed by atoms with Gasteiger partial charge in [0.2, 0.25) is 5.41 Å². The Hall–Kier alpha value is -3.54.